The van der Waals surface area contributed by atoms with Crippen LogP contribution in [0.15, 0.2) is 24.3 Å². The largest absolute Gasteiger partial charge is 0.349 e. The number of aryl methyl sites for hydroxylation is 1. The van der Waals surface area contributed by atoms with E-state index < -0.39 is 0 Å². The Bertz CT molecular complexity index is 440. The van der Waals surface area contributed by atoms with Crippen LogP contribution < -0.4 is 5.32 Å². The molecule has 1 N–H and O–H groups in total. The third kappa shape index (κ3) is 6.00. The third-order valence-corrected chi connectivity index (χ3v) is 3.40. The van der Waals surface area contributed by atoms with E-state index in [0.717, 1.165) is 18.4 Å². The Balaban J connectivity index is 2.24. The smallest absolute Gasteiger partial charge is 0.220 e. The maximum Gasteiger partial charge on any atom is 0.220 e. The first-order valence-corrected chi connectivity index (χ1v) is 7.50. The number of benzene rings is 1. The molecule has 1 rings (SSSR count). The van der Waals surface area contributed by atoms with E-state index in [9.17, 15) is 9.59 Å². The highest BCUT2D eigenvalue weighted by molar-refractivity contribution is 6.00. The van der Waals surface area contributed by atoms with E-state index in [1.165, 1.54) is 19.3 Å². The summed E-state index contributed by atoms with van der Waals surface area (Å²) in [5.74, 6) is -0.0501. The molecule has 0 unspecified atom stereocenters. The summed E-state index contributed by atoms with van der Waals surface area (Å²) in [6.45, 7) is 4.17. The fourth-order valence-electron chi connectivity index (χ4n) is 2.14. The number of carbonyl (C=O) groups excluding carboxylic acids is 2. The highest BCUT2D eigenvalue weighted by Gasteiger charge is 2.09. The summed E-state index contributed by atoms with van der Waals surface area (Å²) in [4.78, 5) is 23.6. The molecule has 0 bridgehead atoms. The van der Waals surface area contributed by atoms with Crippen LogP contribution in [-0.2, 0) is 4.79 Å². The van der Waals surface area contributed by atoms with Gasteiger partial charge in [-0.15, -0.1) is 0 Å². The van der Waals surface area contributed by atoms with Crippen molar-refractivity contribution >= 4 is 11.7 Å². The second-order valence-electron chi connectivity index (χ2n) is 5.18. The minimum atomic E-state index is -0.0255. The number of hydrogen-bond donors (Lipinski definition) is 1. The van der Waals surface area contributed by atoms with Crippen molar-refractivity contribution < 1.29 is 9.59 Å². The highest BCUT2D eigenvalue weighted by Crippen LogP contribution is 2.08. The molecule has 0 radical (unpaired) electrons. The molecule has 110 valence electrons. The first-order chi connectivity index (χ1) is 9.65. The number of carbonyl (C=O) groups is 2. The minimum Gasteiger partial charge on any atom is -0.349 e. The van der Waals surface area contributed by atoms with Gasteiger partial charge < -0.3 is 5.32 Å². The normalized spacial score (nSPS) is 10.3. The maximum absolute atomic E-state index is 12.0. The summed E-state index contributed by atoms with van der Waals surface area (Å²) in [5, 5.41) is 2.71. The molecule has 0 aliphatic rings. The van der Waals surface area contributed by atoms with Gasteiger partial charge >= 0.3 is 0 Å². The second-order valence-corrected chi connectivity index (χ2v) is 5.18. The lowest BCUT2D eigenvalue weighted by Gasteiger charge is -2.06. The average molecular weight is 275 g/mol. The first-order valence-electron chi connectivity index (χ1n) is 7.50. The van der Waals surface area contributed by atoms with Crippen molar-refractivity contribution in [3.8, 4) is 0 Å². The third-order valence-electron chi connectivity index (χ3n) is 3.40. The van der Waals surface area contributed by atoms with Crippen LogP contribution in [0.5, 0.6) is 0 Å². The fourth-order valence-corrected chi connectivity index (χ4v) is 2.14. The lowest BCUT2D eigenvalue weighted by Crippen LogP contribution is -2.29. The molecule has 0 saturated carbocycles. The monoisotopic (exact) mass is 275 g/mol. The number of hydrogen-bond acceptors (Lipinski definition) is 2. The van der Waals surface area contributed by atoms with Gasteiger partial charge in [-0.3, -0.25) is 9.59 Å². The zero-order chi connectivity index (χ0) is 14.8. The highest BCUT2D eigenvalue weighted by atomic mass is 16.2. The van der Waals surface area contributed by atoms with Crippen LogP contribution in [0.4, 0.5) is 0 Å². The van der Waals surface area contributed by atoms with Crippen molar-refractivity contribution in [3.05, 3.63) is 35.4 Å². The number of unbranched alkanes of at least 4 members (excludes halogenated alkanes) is 4. The second kappa shape index (κ2) is 9.29. The summed E-state index contributed by atoms with van der Waals surface area (Å²) in [7, 11) is 0. The van der Waals surface area contributed by atoms with Crippen LogP contribution in [0.3, 0.4) is 0 Å². The summed E-state index contributed by atoms with van der Waals surface area (Å²) in [5.41, 5.74) is 1.64. The number of rotatable bonds is 9. The molecule has 0 heterocycles. The molecule has 0 aliphatic heterocycles. The van der Waals surface area contributed by atoms with Crippen molar-refractivity contribution in [2.75, 3.05) is 6.54 Å². The summed E-state index contributed by atoms with van der Waals surface area (Å²) in [6.07, 6.45) is 6.14. The van der Waals surface area contributed by atoms with E-state index in [4.69, 9.17) is 0 Å². The van der Waals surface area contributed by atoms with E-state index in [1.807, 2.05) is 25.1 Å². The maximum atomic E-state index is 12.0. The zero-order valence-corrected chi connectivity index (χ0v) is 12.6. The van der Waals surface area contributed by atoms with Crippen molar-refractivity contribution in [1.82, 2.24) is 5.32 Å². The molecule has 0 fully saturated rings. The van der Waals surface area contributed by atoms with Crippen molar-refractivity contribution in [1.29, 1.82) is 0 Å². The molecule has 3 nitrogen and oxygen atoms in total. The number of nitrogens with one attached hydrogen (secondary N) is 1. The lowest BCUT2D eigenvalue weighted by molar-refractivity contribution is -0.121. The number of ketones is 1. The van der Waals surface area contributed by atoms with Gasteiger partial charge in [-0.1, -0.05) is 56.9 Å². The molecule has 0 aliphatic carbocycles. The first kappa shape index (κ1) is 16.4. The van der Waals surface area contributed by atoms with Crippen molar-refractivity contribution in [2.45, 2.75) is 52.4 Å². The van der Waals surface area contributed by atoms with E-state index in [1.54, 1.807) is 6.07 Å². The Kier molecular flexibility index (Phi) is 7.63. The molecule has 20 heavy (non-hydrogen) atoms. The topological polar surface area (TPSA) is 46.2 Å². The molecule has 0 spiro atoms. The van der Waals surface area contributed by atoms with Crippen LogP contribution >= 0.6 is 0 Å². The Morgan fingerprint density at radius 3 is 2.45 bits per heavy atom. The van der Waals surface area contributed by atoms with Crippen LogP contribution in [-0.4, -0.2) is 18.2 Å². The lowest BCUT2D eigenvalue weighted by atomic mass is 10.0. The molecule has 1 aromatic carbocycles. The number of amides is 1. The van der Waals surface area contributed by atoms with Crippen molar-refractivity contribution in [2.24, 2.45) is 0 Å². The zero-order valence-electron chi connectivity index (χ0n) is 12.6. The van der Waals surface area contributed by atoms with Crippen LogP contribution in [0.2, 0.25) is 0 Å². The van der Waals surface area contributed by atoms with Gasteiger partial charge in [0, 0.05) is 12.0 Å². The van der Waals surface area contributed by atoms with Gasteiger partial charge in [-0.25, -0.2) is 0 Å². The van der Waals surface area contributed by atoms with Crippen LogP contribution in [0, 0.1) is 6.92 Å². The minimum absolute atomic E-state index is 0.0246. The quantitative estimate of drug-likeness (QED) is 0.552. The molecule has 0 aromatic heterocycles. The molecule has 1 aromatic rings. The van der Waals surface area contributed by atoms with Gasteiger partial charge in [0.05, 0.1) is 6.54 Å². The van der Waals surface area contributed by atoms with E-state index >= 15 is 0 Å². The summed E-state index contributed by atoms with van der Waals surface area (Å²) in [6, 6.07) is 7.45. The van der Waals surface area contributed by atoms with Gasteiger partial charge in [0.1, 0.15) is 0 Å². The van der Waals surface area contributed by atoms with Gasteiger partial charge in [-0.05, 0) is 18.9 Å². The summed E-state index contributed by atoms with van der Waals surface area (Å²) >= 11 is 0. The predicted molar refractivity (Wildman–Crippen MR) is 81.9 cm³/mol. The molecule has 0 atom stereocenters. The molecular weight excluding hydrogens is 250 g/mol. The van der Waals surface area contributed by atoms with Crippen LogP contribution in [0.25, 0.3) is 0 Å². The Morgan fingerprint density at radius 1 is 1.05 bits per heavy atom. The van der Waals surface area contributed by atoms with Crippen molar-refractivity contribution in [3.63, 3.8) is 0 Å². The fraction of sp³-hybridized carbons (Fsp3) is 0.529. The Labute approximate surface area is 121 Å². The van der Waals surface area contributed by atoms with Gasteiger partial charge in [0.15, 0.2) is 5.78 Å². The number of Topliss-reactive ketones (excluding diaryl/α,β-unsaturated/α-hetero) is 1. The molecule has 3 heteroatoms. The van der Waals surface area contributed by atoms with Gasteiger partial charge in [-0.2, -0.15) is 0 Å². The van der Waals surface area contributed by atoms with Crippen LogP contribution in [0.1, 0.15) is 61.4 Å². The standard InChI is InChI=1S/C17H25NO2/c1-3-4-5-6-7-12-17(20)18-13-16(19)15-11-9-8-10-14(15)2/h8-11H,3-7,12-13H2,1-2H3,(H,18,20). The van der Waals surface area contributed by atoms with E-state index in [-0.39, 0.29) is 18.2 Å². The molecule has 0 saturated heterocycles. The van der Waals surface area contributed by atoms with Gasteiger partial charge in [0.2, 0.25) is 5.91 Å². The molecular formula is C17H25NO2. The van der Waals surface area contributed by atoms with Gasteiger partial charge in [0.25, 0.3) is 0 Å². The average Bonchev–Trinajstić information content (AvgIpc) is 2.45. The Morgan fingerprint density at radius 2 is 1.75 bits per heavy atom. The SMILES string of the molecule is CCCCCCCC(=O)NCC(=O)c1ccccc1C. The van der Waals surface area contributed by atoms with E-state index in [0.29, 0.717) is 12.0 Å². The van der Waals surface area contributed by atoms with E-state index in [2.05, 4.69) is 12.2 Å². The molecule has 1 amide bonds. The predicted octanol–water partition coefficient (Wildman–Crippen LogP) is 3.65. The Hall–Kier alpha value is -1.64. The summed E-state index contributed by atoms with van der Waals surface area (Å²) < 4.78 is 0.